The van der Waals surface area contributed by atoms with Gasteiger partial charge in [-0.25, -0.2) is 4.68 Å². The average Bonchev–Trinajstić information content (AvgIpc) is 3.15. The van der Waals surface area contributed by atoms with E-state index < -0.39 is 4.92 Å². The van der Waals surface area contributed by atoms with Gasteiger partial charge in [-0.1, -0.05) is 18.2 Å². The van der Waals surface area contributed by atoms with E-state index in [1.54, 1.807) is 16.8 Å². The summed E-state index contributed by atoms with van der Waals surface area (Å²) in [5, 5.41) is 30.6. The first-order valence-electron chi connectivity index (χ1n) is 10.6. The van der Waals surface area contributed by atoms with Crippen LogP contribution in [0.5, 0.6) is 0 Å². The number of anilines is 2. The molecule has 4 N–H and O–H groups in total. The maximum absolute atomic E-state index is 12.0. The van der Waals surface area contributed by atoms with Crippen LogP contribution in [0.15, 0.2) is 54.6 Å². The molecule has 0 saturated carbocycles. The molecule has 0 aliphatic heterocycles. The third-order valence-corrected chi connectivity index (χ3v) is 5.01. The third kappa shape index (κ3) is 6.30. The highest BCUT2D eigenvalue weighted by molar-refractivity contribution is 5.75. The highest BCUT2D eigenvalue weighted by Gasteiger charge is 2.16. The lowest BCUT2D eigenvalue weighted by Crippen LogP contribution is -2.25. The number of hydrogen-bond donors (Lipinski definition) is 3. The summed E-state index contributed by atoms with van der Waals surface area (Å²) in [6.45, 7) is 1.05. The summed E-state index contributed by atoms with van der Waals surface area (Å²) < 4.78 is 1.56. The Bertz CT molecular complexity index is 1140. The predicted octanol–water partition coefficient (Wildman–Crippen LogP) is 3.18. The number of nitrogens with two attached hydrogens (primary N) is 1. The monoisotopic (exact) mass is 447 g/mol. The first-order valence-corrected chi connectivity index (χ1v) is 10.6. The molecular formula is C23H25N7O3. The smallest absolute Gasteiger partial charge is 0.269 e. The average molecular weight is 447 g/mol. The maximum atomic E-state index is 12.0. The van der Waals surface area contributed by atoms with Crippen LogP contribution in [-0.2, 0) is 11.2 Å². The Balaban J connectivity index is 1.38. The third-order valence-electron chi connectivity index (χ3n) is 5.01. The number of carbonyl (C=O) groups excluding carboxylic acids is 1. The van der Waals surface area contributed by atoms with Crippen molar-refractivity contribution in [3.8, 4) is 11.8 Å². The van der Waals surface area contributed by atoms with E-state index in [1.165, 1.54) is 12.1 Å². The topological polar surface area (TPSA) is 152 Å². The molecule has 0 aliphatic rings. The van der Waals surface area contributed by atoms with Gasteiger partial charge in [-0.05, 0) is 43.5 Å². The molecule has 0 aliphatic carbocycles. The van der Waals surface area contributed by atoms with Crippen LogP contribution in [0.1, 0.15) is 30.5 Å². The molecule has 0 radical (unpaired) electrons. The Labute approximate surface area is 191 Å². The quantitative estimate of drug-likeness (QED) is 0.232. The van der Waals surface area contributed by atoms with Gasteiger partial charge in [0.15, 0.2) is 0 Å². The van der Waals surface area contributed by atoms with Gasteiger partial charge in [0, 0.05) is 37.3 Å². The highest BCUT2D eigenvalue weighted by Crippen LogP contribution is 2.21. The minimum absolute atomic E-state index is 0.0383. The van der Waals surface area contributed by atoms with Crippen LogP contribution < -0.4 is 16.4 Å². The van der Waals surface area contributed by atoms with E-state index in [4.69, 9.17) is 5.73 Å². The highest BCUT2D eigenvalue weighted by atomic mass is 16.6. The van der Waals surface area contributed by atoms with Crippen LogP contribution in [0.25, 0.3) is 5.69 Å². The van der Waals surface area contributed by atoms with E-state index in [0.717, 1.165) is 11.4 Å². The standard InChI is InChI=1S/C23H25N7O3/c24-16-20-21(28-29(23(20)25)18-6-2-1-3-7-18)8-4-15-27-22(31)9-5-14-26-17-10-12-19(13-11-17)30(32)33/h1-3,6-7,10-13,26H,4-5,8-9,14-15,25H2,(H,27,31). The van der Waals surface area contributed by atoms with Gasteiger partial charge in [0.05, 0.1) is 16.3 Å². The number of carbonyl (C=O) groups is 1. The summed E-state index contributed by atoms with van der Waals surface area (Å²) in [6, 6.07) is 17.6. The second-order valence-electron chi connectivity index (χ2n) is 7.35. The number of rotatable bonds is 11. The number of nitriles is 1. The zero-order valence-corrected chi connectivity index (χ0v) is 18.0. The van der Waals surface area contributed by atoms with Crippen LogP contribution in [0.4, 0.5) is 17.2 Å². The van der Waals surface area contributed by atoms with Gasteiger partial charge in [-0.3, -0.25) is 14.9 Å². The Morgan fingerprint density at radius 2 is 1.85 bits per heavy atom. The lowest BCUT2D eigenvalue weighted by molar-refractivity contribution is -0.384. The number of nitro benzene ring substituents is 1. The minimum Gasteiger partial charge on any atom is -0.385 e. The molecule has 1 heterocycles. The molecule has 0 unspecified atom stereocenters. The number of non-ortho nitro benzene ring substituents is 1. The van der Waals surface area contributed by atoms with Crippen molar-refractivity contribution in [3.63, 3.8) is 0 Å². The van der Waals surface area contributed by atoms with Gasteiger partial charge < -0.3 is 16.4 Å². The van der Waals surface area contributed by atoms with Crippen molar-refractivity contribution in [1.82, 2.24) is 15.1 Å². The molecule has 3 rings (SSSR count). The molecule has 1 amide bonds. The van der Waals surface area contributed by atoms with E-state index in [2.05, 4.69) is 21.8 Å². The van der Waals surface area contributed by atoms with E-state index in [0.29, 0.717) is 55.8 Å². The molecule has 1 aromatic heterocycles. The molecule has 2 aromatic carbocycles. The summed E-state index contributed by atoms with van der Waals surface area (Å²) in [6.07, 6.45) is 2.14. The summed E-state index contributed by atoms with van der Waals surface area (Å²) in [4.78, 5) is 22.3. The molecule has 170 valence electrons. The number of nitrogens with one attached hydrogen (secondary N) is 2. The molecular weight excluding hydrogens is 422 g/mol. The zero-order valence-electron chi connectivity index (χ0n) is 18.0. The van der Waals surface area contributed by atoms with Gasteiger partial charge in [0.1, 0.15) is 17.5 Å². The van der Waals surface area contributed by atoms with Crippen LogP contribution >= 0.6 is 0 Å². The minimum atomic E-state index is -0.445. The summed E-state index contributed by atoms with van der Waals surface area (Å²) in [5.41, 5.74) is 8.67. The number of amides is 1. The second kappa shape index (κ2) is 11.3. The Morgan fingerprint density at radius 3 is 2.52 bits per heavy atom. The molecule has 0 atom stereocenters. The number of nitrogen functional groups attached to an aromatic ring is 1. The predicted molar refractivity (Wildman–Crippen MR) is 125 cm³/mol. The fraction of sp³-hybridized carbons (Fsp3) is 0.261. The van der Waals surface area contributed by atoms with Crippen LogP contribution in [-0.4, -0.2) is 33.7 Å². The Hall–Kier alpha value is -4.39. The number of aryl methyl sites for hydroxylation is 1. The summed E-state index contributed by atoms with van der Waals surface area (Å²) >= 11 is 0. The van der Waals surface area contributed by atoms with Crippen molar-refractivity contribution in [2.75, 3.05) is 24.1 Å². The van der Waals surface area contributed by atoms with Gasteiger partial charge in [0.2, 0.25) is 5.91 Å². The first-order chi connectivity index (χ1) is 16.0. The number of hydrogen-bond acceptors (Lipinski definition) is 7. The number of para-hydroxylation sites is 1. The number of benzene rings is 2. The maximum Gasteiger partial charge on any atom is 0.269 e. The van der Waals surface area contributed by atoms with Crippen molar-refractivity contribution in [2.45, 2.75) is 25.7 Å². The van der Waals surface area contributed by atoms with Crippen LogP contribution in [0.2, 0.25) is 0 Å². The number of nitro groups is 1. The van der Waals surface area contributed by atoms with Crippen LogP contribution in [0, 0.1) is 21.4 Å². The van der Waals surface area contributed by atoms with Gasteiger partial charge in [-0.15, -0.1) is 0 Å². The molecule has 10 nitrogen and oxygen atoms in total. The Morgan fingerprint density at radius 1 is 1.12 bits per heavy atom. The summed E-state index contributed by atoms with van der Waals surface area (Å²) in [5.74, 6) is 0.249. The molecule has 3 aromatic rings. The fourth-order valence-electron chi connectivity index (χ4n) is 3.30. The lowest BCUT2D eigenvalue weighted by Gasteiger charge is -2.07. The van der Waals surface area contributed by atoms with Gasteiger partial charge >= 0.3 is 0 Å². The van der Waals surface area contributed by atoms with Crippen molar-refractivity contribution in [3.05, 3.63) is 76.0 Å². The molecule has 0 spiro atoms. The normalized spacial score (nSPS) is 10.4. The van der Waals surface area contributed by atoms with E-state index >= 15 is 0 Å². The zero-order chi connectivity index (χ0) is 23.6. The van der Waals surface area contributed by atoms with Crippen molar-refractivity contribution in [2.24, 2.45) is 0 Å². The van der Waals surface area contributed by atoms with Crippen molar-refractivity contribution >= 4 is 23.1 Å². The molecule has 0 bridgehead atoms. The molecule has 33 heavy (non-hydrogen) atoms. The van der Waals surface area contributed by atoms with E-state index in [1.807, 2.05) is 30.3 Å². The molecule has 0 fully saturated rings. The first kappa shape index (κ1) is 23.3. The second-order valence-corrected chi connectivity index (χ2v) is 7.35. The Kier molecular flexibility index (Phi) is 7.96. The largest absolute Gasteiger partial charge is 0.385 e. The fourth-order valence-corrected chi connectivity index (χ4v) is 3.30. The SMILES string of the molecule is N#Cc1c(CCCNC(=O)CCCNc2ccc([N+](=O)[O-])cc2)nn(-c2ccccc2)c1N. The van der Waals surface area contributed by atoms with E-state index in [-0.39, 0.29) is 11.6 Å². The van der Waals surface area contributed by atoms with Gasteiger partial charge in [-0.2, -0.15) is 10.4 Å². The van der Waals surface area contributed by atoms with E-state index in [9.17, 15) is 20.2 Å². The van der Waals surface area contributed by atoms with Crippen molar-refractivity contribution < 1.29 is 9.72 Å². The molecule has 10 heteroatoms. The summed E-state index contributed by atoms with van der Waals surface area (Å²) in [7, 11) is 0. The number of aromatic nitrogens is 2. The molecule has 0 saturated heterocycles. The van der Waals surface area contributed by atoms with Gasteiger partial charge in [0.25, 0.3) is 5.69 Å². The number of nitrogens with zero attached hydrogens (tertiary/aromatic N) is 4. The van der Waals surface area contributed by atoms with Crippen LogP contribution in [0.3, 0.4) is 0 Å². The lowest BCUT2D eigenvalue weighted by atomic mass is 10.1. The van der Waals surface area contributed by atoms with Crippen molar-refractivity contribution in [1.29, 1.82) is 5.26 Å².